The van der Waals surface area contributed by atoms with Crippen LogP contribution in [0, 0.1) is 11.3 Å². The summed E-state index contributed by atoms with van der Waals surface area (Å²) >= 11 is 0. The minimum absolute atomic E-state index is 0.145. The highest BCUT2D eigenvalue weighted by Crippen LogP contribution is 2.34. The van der Waals surface area contributed by atoms with Crippen LogP contribution in [0.1, 0.15) is 82.1 Å². The Bertz CT molecular complexity index is 237. The van der Waals surface area contributed by atoms with Crippen molar-refractivity contribution in [3.63, 3.8) is 0 Å². The lowest BCUT2D eigenvalue weighted by Gasteiger charge is -2.37. The van der Waals surface area contributed by atoms with Gasteiger partial charge in [0, 0.05) is 6.42 Å². The van der Waals surface area contributed by atoms with Crippen molar-refractivity contribution >= 4 is 0 Å². The van der Waals surface area contributed by atoms with E-state index in [-0.39, 0.29) is 22.9 Å². The van der Waals surface area contributed by atoms with Gasteiger partial charge in [0.2, 0.25) is 0 Å². The maximum atomic E-state index is 6.11. The van der Waals surface area contributed by atoms with E-state index in [0.717, 1.165) is 6.42 Å². The maximum absolute atomic E-state index is 6.11. The van der Waals surface area contributed by atoms with Crippen LogP contribution in [0.5, 0.6) is 0 Å². The molecule has 0 unspecified atom stereocenters. The van der Waals surface area contributed by atoms with Crippen molar-refractivity contribution in [1.29, 1.82) is 0 Å². The first-order valence-electron chi connectivity index (χ1n) is 7.56. The molecule has 0 aromatic carbocycles. The SMILES string of the molecule is CC(C)CC(C)(C)CC(OC(C)(C)C)OC(C)(C)C. The summed E-state index contributed by atoms with van der Waals surface area (Å²) in [6.07, 6.45) is 1.97. The largest absolute Gasteiger partial charge is 0.347 e. The van der Waals surface area contributed by atoms with E-state index in [4.69, 9.17) is 9.47 Å². The van der Waals surface area contributed by atoms with E-state index < -0.39 is 0 Å². The Kier molecular flexibility index (Phi) is 6.55. The zero-order valence-corrected chi connectivity index (χ0v) is 14.9. The van der Waals surface area contributed by atoms with Gasteiger partial charge < -0.3 is 9.47 Å². The highest BCUT2D eigenvalue weighted by molar-refractivity contribution is 4.75. The van der Waals surface area contributed by atoms with Crippen molar-refractivity contribution in [2.24, 2.45) is 11.3 Å². The molecule has 0 aromatic rings. The number of ether oxygens (including phenoxy) is 2. The van der Waals surface area contributed by atoms with Crippen molar-refractivity contribution in [2.45, 2.75) is 99.6 Å². The van der Waals surface area contributed by atoms with Crippen LogP contribution in [-0.4, -0.2) is 17.5 Å². The van der Waals surface area contributed by atoms with E-state index in [1.54, 1.807) is 0 Å². The highest BCUT2D eigenvalue weighted by atomic mass is 16.7. The lowest BCUT2D eigenvalue weighted by Crippen LogP contribution is -2.38. The summed E-state index contributed by atoms with van der Waals surface area (Å²) in [5.41, 5.74) is -0.122. The minimum Gasteiger partial charge on any atom is -0.347 e. The summed E-state index contributed by atoms with van der Waals surface area (Å²) in [6, 6.07) is 0. The van der Waals surface area contributed by atoms with E-state index in [1.165, 1.54) is 6.42 Å². The molecule has 0 aliphatic carbocycles. The van der Waals surface area contributed by atoms with Gasteiger partial charge in [0.25, 0.3) is 0 Å². The third kappa shape index (κ3) is 11.4. The second-order valence-electron chi connectivity index (χ2n) is 8.86. The lowest BCUT2D eigenvalue weighted by molar-refractivity contribution is -0.244. The van der Waals surface area contributed by atoms with Gasteiger partial charge in [-0.3, -0.25) is 0 Å². The van der Waals surface area contributed by atoms with Crippen LogP contribution in [0.2, 0.25) is 0 Å². The molecule has 0 rings (SSSR count). The van der Waals surface area contributed by atoms with Gasteiger partial charge in [-0.25, -0.2) is 0 Å². The molecule has 0 fully saturated rings. The minimum atomic E-state index is -0.177. The third-order valence-corrected chi connectivity index (χ3v) is 2.65. The van der Waals surface area contributed by atoms with Gasteiger partial charge in [-0.15, -0.1) is 0 Å². The molecule has 0 heterocycles. The van der Waals surface area contributed by atoms with Crippen molar-refractivity contribution in [3.8, 4) is 0 Å². The van der Waals surface area contributed by atoms with Gasteiger partial charge in [0.1, 0.15) is 0 Å². The number of rotatable bonds is 6. The Balaban J connectivity index is 4.75. The van der Waals surface area contributed by atoms with E-state index >= 15 is 0 Å². The quantitative estimate of drug-likeness (QED) is 0.602. The standard InChI is InChI=1S/C17H36O2/c1-13(2)11-17(9,10)12-14(18-15(3,4)5)19-16(6,7)8/h13-14H,11-12H2,1-10H3. The van der Waals surface area contributed by atoms with Crippen molar-refractivity contribution < 1.29 is 9.47 Å². The Morgan fingerprint density at radius 1 is 0.684 bits per heavy atom. The van der Waals surface area contributed by atoms with E-state index in [1.807, 2.05) is 0 Å². The zero-order valence-electron chi connectivity index (χ0n) is 14.9. The summed E-state index contributed by atoms with van der Waals surface area (Å²) in [5.74, 6) is 0.694. The fourth-order valence-corrected chi connectivity index (χ4v) is 2.54. The summed E-state index contributed by atoms with van der Waals surface area (Å²) in [4.78, 5) is 0. The van der Waals surface area contributed by atoms with E-state index in [9.17, 15) is 0 Å². The smallest absolute Gasteiger partial charge is 0.159 e. The molecular formula is C17H36O2. The lowest BCUT2D eigenvalue weighted by atomic mass is 9.81. The maximum Gasteiger partial charge on any atom is 0.159 e. The van der Waals surface area contributed by atoms with Crippen LogP contribution in [-0.2, 0) is 9.47 Å². The second-order valence-corrected chi connectivity index (χ2v) is 8.86. The molecule has 0 saturated heterocycles. The topological polar surface area (TPSA) is 18.5 Å². The average molecular weight is 272 g/mol. The monoisotopic (exact) mass is 272 g/mol. The van der Waals surface area contributed by atoms with Crippen LogP contribution < -0.4 is 0 Å². The predicted molar refractivity (Wildman–Crippen MR) is 83.3 cm³/mol. The number of hydrogen-bond acceptors (Lipinski definition) is 2. The molecule has 2 nitrogen and oxygen atoms in total. The molecular weight excluding hydrogens is 236 g/mol. The van der Waals surface area contributed by atoms with Crippen molar-refractivity contribution in [2.75, 3.05) is 0 Å². The van der Waals surface area contributed by atoms with Crippen LogP contribution in [0.25, 0.3) is 0 Å². The first-order valence-corrected chi connectivity index (χ1v) is 7.56. The van der Waals surface area contributed by atoms with E-state index in [2.05, 4.69) is 69.2 Å². The molecule has 0 atom stereocenters. The normalized spacial score (nSPS) is 14.5. The molecule has 0 N–H and O–H groups in total. The molecule has 0 aliphatic heterocycles. The molecule has 0 aromatic heterocycles. The molecule has 0 aliphatic rings. The van der Waals surface area contributed by atoms with Crippen molar-refractivity contribution in [1.82, 2.24) is 0 Å². The fourth-order valence-electron chi connectivity index (χ4n) is 2.54. The molecule has 2 heteroatoms. The summed E-state index contributed by atoms with van der Waals surface area (Å²) in [7, 11) is 0. The molecule has 0 radical (unpaired) electrons. The summed E-state index contributed by atoms with van der Waals surface area (Å²) < 4.78 is 12.2. The van der Waals surface area contributed by atoms with Gasteiger partial charge in [-0.1, -0.05) is 27.7 Å². The Labute approximate surface area is 121 Å². The Morgan fingerprint density at radius 3 is 1.32 bits per heavy atom. The van der Waals surface area contributed by atoms with Gasteiger partial charge >= 0.3 is 0 Å². The Morgan fingerprint density at radius 2 is 1.05 bits per heavy atom. The Hall–Kier alpha value is -0.0800. The molecule has 116 valence electrons. The zero-order chi connectivity index (χ0) is 15.5. The summed E-state index contributed by atoms with van der Waals surface area (Å²) in [6.45, 7) is 21.7. The highest BCUT2D eigenvalue weighted by Gasteiger charge is 2.31. The van der Waals surface area contributed by atoms with Crippen LogP contribution in [0.15, 0.2) is 0 Å². The van der Waals surface area contributed by atoms with Gasteiger partial charge in [0.15, 0.2) is 6.29 Å². The molecule has 0 saturated carbocycles. The van der Waals surface area contributed by atoms with Crippen LogP contribution in [0.3, 0.4) is 0 Å². The van der Waals surface area contributed by atoms with Gasteiger partial charge in [0.05, 0.1) is 11.2 Å². The molecule has 0 bridgehead atoms. The first-order chi connectivity index (χ1) is 8.20. The number of hydrogen-bond donors (Lipinski definition) is 0. The second kappa shape index (κ2) is 6.58. The van der Waals surface area contributed by atoms with E-state index in [0.29, 0.717) is 5.92 Å². The molecule has 0 amide bonds. The van der Waals surface area contributed by atoms with Gasteiger partial charge in [-0.05, 0) is 59.3 Å². The van der Waals surface area contributed by atoms with Crippen LogP contribution >= 0.6 is 0 Å². The third-order valence-electron chi connectivity index (χ3n) is 2.65. The molecule has 19 heavy (non-hydrogen) atoms. The summed E-state index contributed by atoms with van der Waals surface area (Å²) in [5, 5.41) is 0. The van der Waals surface area contributed by atoms with Crippen molar-refractivity contribution in [3.05, 3.63) is 0 Å². The molecule has 0 spiro atoms. The first kappa shape index (κ1) is 18.9. The van der Waals surface area contributed by atoms with Crippen LogP contribution in [0.4, 0.5) is 0 Å². The van der Waals surface area contributed by atoms with Gasteiger partial charge in [-0.2, -0.15) is 0 Å². The predicted octanol–water partition coefficient (Wildman–Crippen LogP) is 5.41. The average Bonchev–Trinajstić information content (AvgIpc) is 1.89. The fraction of sp³-hybridized carbons (Fsp3) is 1.00.